The highest BCUT2D eigenvalue weighted by Crippen LogP contribution is 2.36. The van der Waals surface area contributed by atoms with Gasteiger partial charge in [-0.25, -0.2) is 15.6 Å². The third-order valence-corrected chi connectivity index (χ3v) is 7.19. The molecule has 234 valence electrons. The van der Waals surface area contributed by atoms with Crippen LogP contribution in [-0.2, 0) is 14.3 Å². The van der Waals surface area contributed by atoms with Gasteiger partial charge >= 0.3 is 6.09 Å². The molecule has 8 N–H and O–H groups in total. The molecule has 13 nitrogen and oxygen atoms in total. The van der Waals surface area contributed by atoms with E-state index in [0.717, 1.165) is 41.6 Å². The van der Waals surface area contributed by atoms with Gasteiger partial charge in [0.05, 0.1) is 18.3 Å². The Morgan fingerprint density at radius 1 is 1.20 bits per heavy atom. The van der Waals surface area contributed by atoms with Crippen molar-refractivity contribution >= 4 is 53.1 Å². The Morgan fingerprint density at radius 2 is 2.05 bits per heavy atom. The van der Waals surface area contributed by atoms with E-state index >= 15 is 0 Å². The van der Waals surface area contributed by atoms with Gasteiger partial charge in [-0.3, -0.25) is 15.1 Å². The first-order valence-electron chi connectivity index (χ1n) is 14.2. The molecule has 0 unspecified atom stereocenters. The predicted molar refractivity (Wildman–Crippen MR) is 173 cm³/mol. The lowest BCUT2D eigenvalue weighted by molar-refractivity contribution is -0.117. The van der Waals surface area contributed by atoms with Crippen LogP contribution >= 0.6 is 11.6 Å². The normalized spacial score (nSPS) is 15.1. The third-order valence-electron chi connectivity index (χ3n) is 6.92. The van der Waals surface area contributed by atoms with Crippen molar-refractivity contribution in [2.75, 3.05) is 42.5 Å². The summed E-state index contributed by atoms with van der Waals surface area (Å²) in [6.07, 6.45) is 7.22. The number of aromatic nitrogens is 2. The molecule has 0 saturated carbocycles. The number of aromatic amines is 1. The lowest BCUT2D eigenvalue weighted by Gasteiger charge is -2.18. The van der Waals surface area contributed by atoms with E-state index in [4.69, 9.17) is 37.7 Å². The maximum atomic E-state index is 13.1. The second kappa shape index (κ2) is 15.8. The fraction of sp³-hybridized carbons (Fsp3) is 0.333. The van der Waals surface area contributed by atoms with Crippen LogP contribution in [-0.4, -0.2) is 55.2 Å². The number of halogens is 1. The van der Waals surface area contributed by atoms with Gasteiger partial charge in [-0.2, -0.15) is 5.10 Å². The number of nitrogens with zero attached hydrogens (tertiary/aromatic N) is 3. The predicted octanol–water partition coefficient (Wildman–Crippen LogP) is 4.67. The van der Waals surface area contributed by atoms with Crippen molar-refractivity contribution in [1.82, 2.24) is 15.3 Å². The number of hydrazine groups is 1. The van der Waals surface area contributed by atoms with Crippen molar-refractivity contribution in [3.63, 3.8) is 0 Å². The molecule has 1 aliphatic heterocycles. The number of benzene rings is 2. The lowest BCUT2D eigenvalue weighted by Crippen LogP contribution is -2.30. The molecule has 0 saturated heterocycles. The molecule has 0 fully saturated rings. The Bertz CT molecular complexity index is 1510. The number of anilines is 3. The smallest absolute Gasteiger partial charge is 0.411 e. The Kier molecular flexibility index (Phi) is 11.6. The summed E-state index contributed by atoms with van der Waals surface area (Å²) in [6, 6.07) is 10.6. The van der Waals surface area contributed by atoms with E-state index < -0.39 is 12.1 Å². The molecule has 0 spiro atoms. The highest BCUT2D eigenvalue weighted by molar-refractivity contribution is 6.32. The molecule has 2 bridgehead atoms. The van der Waals surface area contributed by atoms with Gasteiger partial charge in [0.2, 0.25) is 5.91 Å². The first kappa shape index (κ1) is 32.3. The minimum atomic E-state index is -0.578. The van der Waals surface area contributed by atoms with Gasteiger partial charge in [-0.1, -0.05) is 36.1 Å². The van der Waals surface area contributed by atoms with Crippen LogP contribution in [0.2, 0.25) is 5.15 Å². The lowest BCUT2D eigenvalue weighted by atomic mass is 10.1. The Morgan fingerprint density at radius 3 is 2.84 bits per heavy atom. The van der Waals surface area contributed by atoms with Gasteiger partial charge < -0.3 is 30.9 Å². The molecule has 0 radical (unpaired) electrons. The van der Waals surface area contributed by atoms with E-state index in [9.17, 15) is 9.59 Å². The SMILES string of the molecule is COCCOC(=O)Nc1ccc2c(c1)NCCCCC[C@H](NC(=O)/C=C/c1cc(C)ccc1N(N)/C=N\N)c1nc-2c(Cl)[nH]1. The molecule has 1 aliphatic rings. The van der Waals surface area contributed by atoms with Crippen LogP contribution in [0.25, 0.3) is 17.3 Å². The molecule has 2 aromatic carbocycles. The van der Waals surface area contributed by atoms with Crippen molar-refractivity contribution in [3.05, 3.63) is 64.6 Å². The standard InChI is InChI=1S/C30H38ClN9O4/c1-19-7-11-25(40(33)18-35-32)20(16-19)8-12-26(41)37-23-6-4-3-5-13-34-24-17-21(36-30(42)44-15-14-43-2)9-10-22(24)27-28(31)39-29(23)38-27/h7-12,16-18,23,34H,3-6,13-15,32-33H2,1-2H3,(H,36,42)(H,37,41)(H,38,39)/b12-8+,35-18-/t23-/m0/s1. The Hall–Kier alpha value is -4.59. The topological polar surface area (TPSA) is 185 Å². The average Bonchev–Trinajstić information content (AvgIpc) is 3.38. The summed E-state index contributed by atoms with van der Waals surface area (Å²) >= 11 is 6.66. The summed E-state index contributed by atoms with van der Waals surface area (Å²) < 4.78 is 10.0. The maximum Gasteiger partial charge on any atom is 0.411 e. The molecule has 0 aliphatic carbocycles. The number of hydrogen-bond donors (Lipinski definition) is 6. The number of fused-ring (bicyclic) bond motifs is 4. The van der Waals surface area contributed by atoms with Crippen molar-refractivity contribution in [1.29, 1.82) is 0 Å². The number of imidazole rings is 1. The number of hydrogen-bond acceptors (Lipinski definition) is 9. The minimum absolute atomic E-state index is 0.147. The molecule has 4 rings (SSSR count). The zero-order valence-corrected chi connectivity index (χ0v) is 25.5. The molecule has 44 heavy (non-hydrogen) atoms. The van der Waals surface area contributed by atoms with Crippen LogP contribution < -0.4 is 32.6 Å². The number of nitrogens with two attached hydrogens (primary N) is 2. The zero-order chi connectivity index (χ0) is 31.5. The van der Waals surface area contributed by atoms with Crippen LogP contribution in [0, 0.1) is 6.92 Å². The van der Waals surface area contributed by atoms with E-state index in [1.54, 1.807) is 12.1 Å². The molecule has 3 aromatic rings. The first-order chi connectivity index (χ1) is 21.3. The van der Waals surface area contributed by atoms with Crippen LogP contribution in [0.15, 0.2) is 47.6 Å². The highest BCUT2D eigenvalue weighted by atomic mass is 35.5. The van der Waals surface area contributed by atoms with E-state index in [1.807, 2.05) is 37.3 Å². The molecule has 2 heterocycles. The Balaban J connectivity index is 1.55. The fourth-order valence-electron chi connectivity index (χ4n) is 4.77. The molecular formula is C30H38ClN9O4. The second-order valence-corrected chi connectivity index (χ2v) is 10.6. The third kappa shape index (κ3) is 8.72. The van der Waals surface area contributed by atoms with Gasteiger partial charge in [0.1, 0.15) is 29.6 Å². The quantitative estimate of drug-likeness (QED) is 0.0492. The largest absolute Gasteiger partial charge is 0.447 e. The van der Waals surface area contributed by atoms with Gasteiger partial charge in [0, 0.05) is 42.2 Å². The number of methoxy groups -OCH3 is 1. The Labute approximate surface area is 261 Å². The number of carbonyl (C=O) groups excluding carboxylic acids is 2. The number of H-pyrrole nitrogens is 1. The number of nitrogens with one attached hydrogen (secondary N) is 4. The van der Waals surface area contributed by atoms with Gasteiger partial charge in [-0.15, -0.1) is 0 Å². The number of rotatable bonds is 9. The summed E-state index contributed by atoms with van der Waals surface area (Å²) in [5.74, 6) is 11.5. The second-order valence-electron chi connectivity index (χ2n) is 10.2. The minimum Gasteiger partial charge on any atom is -0.447 e. The van der Waals surface area contributed by atoms with Gasteiger partial charge in [0.25, 0.3) is 0 Å². The van der Waals surface area contributed by atoms with E-state index in [-0.39, 0.29) is 12.5 Å². The van der Waals surface area contributed by atoms with E-state index in [2.05, 4.69) is 26.0 Å². The molecule has 2 amide bonds. The molecule has 1 aromatic heterocycles. The highest BCUT2D eigenvalue weighted by Gasteiger charge is 2.22. The number of ether oxygens (including phenoxy) is 2. The van der Waals surface area contributed by atoms with Gasteiger partial charge in [-0.05, 0) is 56.2 Å². The average molecular weight is 624 g/mol. The summed E-state index contributed by atoms with van der Waals surface area (Å²) in [4.78, 5) is 33.3. The number of aryl methyl sites for hydroxylation is 1. The number of amides is 2. The first-order valence-corrected chi connectivity index (χ1v) is 14.6. The van der Waals surface area contributed by atoms with Crippen LogP contribution in [0.4, 0.5) is 21.9 Å². The molecule has 14 heteroatoms. The van der Waals surface area contributed by atoms with Crippen LogP contribution in [0.1, 0.15) is 48.7 Å². The van der Waals surface area contributed by atoms with E-state index in [0.29, 0.717) is 47.6 Å². The van der Waals surface area contributed by atoms with E-state index in [1.165, 1.54) is 24.5 Å². The fourth-order valence-corrected chi connectivity index (χ4v) is 5.01. The monoisotopic (exact) mass is 623 g/mol. The van der Waals surface area contributed by atoms with Crippen molar-refractivity contribution in [2.45, 2.75) is 38.6 Å². The van der Waals surface area contributed by atoms with Crippen LogP contribution in [0.5, 0.6) is 0 Å². The summed E-state index contributed by atoms with van der Waals surface area (Å²) in [7, 11) is 1.54. The van der Waals surface area contributed by atoms with Crippen molar-refractivity contribution < 1.29 is 19.1 Å². The summed E-state index contributed by atoms with van der Waals surface area (Å²) in [5.41, 5.74) is 4.96. The maximum absolute atomic E-state index is 13.1. The molecule has 1 atom stereocenters. The summed E-state index contributed by atoms with van der Waals surface area (Å²) in [5, 5.41) is 14.3. The van der Waals surface area contributed by atoms with Crippen LogP contribution in [0.3, 0.4) is 0 Å². The zero-order valence-electron chi connectivity index (χ0n) is 24.7. The number of carbonyl (C=O) groups is 2. The van der Waals surface area contributed by atoms with Gasteiger partial charge in [0.15, 0.2) is 0 Å². The van der Waals surface area contributed by atoms with Crippen molar-refractivity contribution in [3.8, 4) is 11.3 Å². The number of hydrazone groups is 1. The molecular weight excluding hydrogens is 586 g/mol. The summed E-state index contributed by atoms with van der Waals surface area (Å²) in [6.45, 7) is 3.11. The van der Waals surface area contributed by atoms with Crippen molar-refractivity contribution in [2.24, 2.45) is 16.8 Å².